The first-order chi connectivity index (χ1) is 16.8. The highest BCUT2D eigenvalue weighted by Gasteiger charge is 2.49. The van der Waals surface area contributed by atoms with E-state index in [1.807, 2.05) is 17.6 Å². The molecule has 1 aliphatic rings. The second-order valence-electron chi connectivity index (χ2n) is 14.7. The van der Waals surface area contributed by atoms with Crippen LogP contribution in [-0.4, -0.2) is 42.6 Å². The summed E-state index contributed by atoms with van der Waals surface area (Å²) in [4.78, 5) is 9.19. The Hall–Kier alpha value is -0.926. The fraction of sp³-hybridized carbons (Fsp3) is 0.548. The zero-order valence-electron chi connectivity index (χ0n) is 25.4. The van der Waals surface area contributed by atoms with Gasteiger partial charge in [-0.15, -0.1) is 9.24 Å². The van der Waals surface area contributed by atoms with E-state index in [2.05, 4.69) is 143 Å². The standard InChI is InChI=1S/C31H50N2P2Si2/c1-29(2,3)35(30(4,5)6)22-25-26(19-27(36(7,8)9)28(25)37(10,11)12)31(34,23-15-13-17-32-20-23)24-16-14-18-33-21-24/h13-21,25H,22,34H2,1-12H3. The third-order valence-electron chi connectivity index (χ3n) is 7.60. The minimum absolute atomic E-state index is 0.272. The lowest BCUT2D eigenvalue weighted by atomic mass is 9.80. The highest BCUT2D eigenvalue weighted by molar-refractivity contribution is 7.60. The molecule has 0 radical (unpaired) electrons. The fourth-order valence-electron chi connectivity index (χ4n) is 6.23. The number of hydrogen-bond acceptors (Lipinski definition) is 2. The average Bonchev–Trinajstić information content (AvgIpc) is 3.17. The van der Waals surface area contributed by atoms with E-state index < -0.39 is 16.1 Å². The molecule has 2 nitrogen and oxygen atoms in total. The van der Waals surface area contributed by atoms with Gasteiger partial charge in [-0.05, 0) is 45.3 Å². The summed E-state index contributed by atoms with van der Waals surface area (Å²) in [5.41, 5.74) is 3.99. The van der Waals surface area contributed by atoms with Gasteiger partial charge in [-0.1, -0.05) is 117 Å². The maximum atomic E-state index is 4.59. The molecule has 2 heterocycles. The van der Waals surface area contributed by atoms with Gasteiger partial charge in [0.2, 0.25) is 0 Å². The molecule has 0 saturated heterocycles. The van der Waals surface area contributed by atoms with Crippen molar-refractivity contribution >= 4 is 33.3 Å². The van der Waals surface area contributed by atoms with Gasteiger partial charge in [-0.25, -0.2) is 0 Å². The second kappa shape index (κ2) is 10.6. The molecule has 2 unspecified atom stereocenters. The van der Waals surface area contributed by atoms with Crippen molar-refractivity contribution in [2.24, 2.45) is 5.92 Å². The van der Waals surface area contributed by atoms with Crippen LogP contribution in [0.25, 0.3) is 0 Å². The number of hydrogen-bond donors (Lipinski definition) is 0. The lowest BCUT2D eigenvalue weighted by Crippen LogP contribution is -2.39. The van der Waals surface area contributed by atoms with Crippen molar-refractivity contribution in [1.29, 1.82) is 0 Å². The minimum Gasteiger partial charge on any atom is -0.264 e. The number of rotatable bonds is 7. The van der Waals surface area contributed by atoms with Crippen LogP contribution in [0.1, 0.15) is 52.7 Å². The molecular weight excluding hydrogens is 518 g/mol. The van der Waals surface area contributed by atoms with Crippen molar-refractivity contribution in [1.82, 2.24) is 9.97 Å². The molecule has 0 spiro atoms. The molecule has 3 rings (SSSR count). The van der Waals surface area contributed by atoms with Gasteiger partial charge in [0.1, 0.15) is 0 Å². The second-order valence-corrected chi connectivity index (χ2v) is 29.6. The van der Waals surface area contributed by atoms with Crippen LogP contribution < -0.4 is 0 Å². The minimum atomic E-state index is -1.64. The summed E-state index contributed by atoms with van der Waals surface area (Å²) < 4.78 is 0. The molecule has 202 valence electrons. The molecule has 0 amide bonds. The monoisotopic (exact) mass is 568 g/mol. The van der Waals surface area contributed by atoms with Crippen molar-refractivity contribution in [3.63, 3.8) is 0 Å². The van der Waals surface area contributed by atoms with E-state index in [-0.39, 0.29) is 23.4 Å². The largest absolute Gasteiger partial charge is 0.264 e. The molecule has 2 aromatic heterocycles. The molecular formula is C31H50N2P2Si2. The van der Waals surface area contributed by atoms with E-state index in [1.165, 1.54) is 22.9 Å². The SMILES string of the molecule is CC(C)(C)P(CC1C(C(P)(c2cccnc2)c2cccnc2)=CC([Si](C)(C)C)=C1[Si](C)(C)C)C(C)(C)C. The van der Waals surface area contributed by atoms with E-state index in [1.54, 1.807) is 5.20 Å². The third kappa shape index (κ3) is 6.46. The van der Waals surface area contributed by atoms with Crippen molar-refractivity contribution < 1.29 is 0 Å². The summed E-state index contributed by atoms with van der Waals surface area (Å²) in [5, 5.41) is 3.69. The molecule has 0 fully saturated rings. The summed E-state index contributed by atoms with van der Waals surface area (Å²) in [5.74, 6) is 0.441. The Bertz CT molecular complexity index is 1090. The van der Waals surface area contributed by atoms with Crippen LogP contribution in [0.5, 0.6) is 0 Å². The van der Waals surface area contributed by atoms with Gasteiger partial charge in [0, 0.05) is 30.7 Å². The summed E-state index contributed by atoms with van der Waals surface area (Å²) in [7, 11) is -0.193. The van der Waals surface area contributed by atoms with E-state index in [0.717, 1.165) is 0 Å². The smallest absolute Gasteiger partial charge is 0.0770 e. The molecule has 2 aromatic rings. The predicted molar refractivity (Wildman–Crippen MR) is 176 cm³/mol. The number of allylic oxidation sites excluding steroid dienone is 4. The van der Waals surface area contributed by atoms with Crippen molar-refractivity contribution in [3.05, 3.63) is 82.2 Å². The van der Waals surface area contributed by atoms with Crippen LogP contribution in [0.15, 0.2) is 71.1 Å². The fourth-order valence-corrected chi connectivity index (χ4v) is 16.9. The predicted octanol–water partition coefficient (Wildman–Crippen LogP) is 9.28. The van der Waals surface area contributed by atoms with Crippen LogP contribution in [0.2, 0.25) is 39.3 Å². The lowest BCUT2D eigenvalue weighted by molar-refractivity contribution is 0.671. The van der Waals surface area contributed by atoms with Gasteiger partial charge in [0.05, 0.1) is 21.3 Å². The quantitative estimate of drug-likeness (QED) is 0.246. The number of pyridine rings is 2. The van der Waals surface area contributed by atoms with Crippen molar-refractivity contribution in [2.75, 3.05) is 6.16 Å². The summed E-state index contributed by atoms with van der Waals surface area (Å²) >= 11 is 0. The molecule has 0 bridgehead atoms. The third-order valence-corrected chi connectivity index (χ3v) is 17.1. The molecule has 0 aromatic carbocycles. The highest BCUT2D eigenvalue weighted by atomic mass is 31.1. The van der Waals surface area contributed by atoms with Gasteiger partial charge in [-0.2, -0.15) is 0 Å². The Balaban J connectivity index is 2.38. The molecule has 37 heavy (non-hydrogen) atoms. The van der Waals surface area contributed by atoms with Crippen LogP contribution in [0, 0.1) is 5.92 Å². The van der Waals surface area contributed by atoms with Crippen molar-refractivity contribution in [3.8, 4) is 0 Å². The average molecular weight is 569 g/mol. The normalized spacial score (nSPS) is 18.0. The maximum absolute atomic E-state index is 4.59. The Morgan fingerprint density at radius 2 is 1.24 bits per heavy atom. The Morgan fingerprint density at radius 1 is 0.784 bits per heavy atom. The molecule has 0 aliphatic heterocycles. The Labute approximate surface area is 233 Å². The maximum Gasteiger partial charge on any atom is 0.0770 e. The Morgan fingerprint density at radius 3 is 1.57 bits per heavy atom. The molecule has 0 N–H and O–H groups in total. The highest BCUT2D eigenvalue weighted by Crippen LogP contribution is 2.64. The van der Waals surface area contributed by atoms with Gasteiger partial charge in [-0.3, -0.25) is 9.97 Å². The van der Waals surface area contributed by atoms with E-state index in [0.29, 0.717) is 5.92 Å². The first-order valence-electron chi connectivity index (χ1n) is 13.6. The van der Waals surface area contributed by atoms with Gasteiger partial charge in [0.15, 0.2) is 0 Å². The van der Waals surface area contributed by atoms with Gasteiger partial charge >= 0.3 is 0 Å². The van der Waals surface area contributed by atoms with E-state index in [9.17, 15) is 0 Å². The molecule has 6 heteroatoms. The Kier molecular flexibility index (Phi) is 8.74. The van der Waals surface area contributed by atoms with E-state index in [4.69, 9.17) is 0 Å². The molecule has 2 atom stereocenters. The summed E-state index contributed by atoms with van der Waals surface area (Å²) in [6, 6.07) is 8.67. The molecule has 1 aliphatic carbocycles. The van der Waals surface area contributed by atoms with E-state index >= 15 is 0 Å². The molecule has 0 saturated carbocycles. The van der Waals surface area contributed by atoms with Crippen LogP contribution in [-0.2, 0) is 5.16 Å². The zero-order valence-corrected chi connectivity index (χ0v) is 29.4. The number of aromatic nitrogens is 2. The summed E-state index contributed by atoms with van der Waals surface area (Å²) in [6.45, 7) is 30.1. The number of nitrogens with zero attached hydrogens (tertiary/aromatic N) is 2. The first-order valence-corrected chi connectivity index (χ1v) is 22.7. The lowest BCUT2D eigenvalue weighted by Gasteiger charge is -2.46. The van der Waals surface area contributed by atoms with Crippen LogP contribution in [0.3, 0.4) is 0 Å². The topological polar surface area (TPSA) is 25.8 Å². The van der Waals surface area contributed by atoms with Crippen LogP contribution >= 0.6 is 17.2 Å². The van der Waals surface area contributed by atoms with Crippen LogP contribution in [0.4, 0.5) is 0 Å². The van der Waals surface area contributed by atoms with Crippen molar-refractivity contribution in [2.45, 2.75) is 96.3 Å². The zero-order chi connectivity index (χ0) is 28.0. The van der Waals surface area contributed by atoms with Gasteiger partial charge in [0.25, 0.3) is 0 Å². The van der Waals surface area contributed by atoms with Gasteiger partial charge < -0.3 is 0 Å². The first kappa shape index (κ1) is 30.6. The summed E-state index contributed by atoms with van der Waals surface area (Å²) in [6.07, 6.45) is 11.8.